The van der Waals surface area contributed by atoms with Crippen LogP contribution in [0.15, 0.2) is 47.4 Å². The van der Waals surface area contributed by atoms with Crippen LogP contribution in [-0.4, -0.2) is 10.5 Å². The summed E-state index contributed by atoms with van der Waals surface area (Å²) in [4.78, 5) is 0.793. The van der Waals surface area contributed by atoms with Crippen LogP contribution < -0.4 is 5.32 Å². The lowest BCUT2D eigenvalue weighted by Crippen LogP contribution is -2.00. The molecule has 0 saturated carbocycles. The van der Waals surface area contributed by atoms with E-state index in [9.17, 15) is 8.60 Å². The summed E-state index contributed by atoms with van der Waals surface area (Å²) in [6.07, 6.45) is 1.64. The van der Waals surface area contributed by atoms with E-state index in [1.165, 1.54) is 12.1 Å². The van der Waals surface area contributed by atoms with E-state index in [0.717, 1.165) is 10.5 Å². The Morgan fingerprint density at radius 1 is 1.21 bits per heavy atom. The lowest BCUT2D eigenvalue weighted by molar-refractivity contribution is 0.628. The molecule has 0 spiro atoms. The molecule has 0 bridgehead atoms. The second kappa shape index (κ2) is 6.17. The van der Waals surface area contributed by atoms with Crippen molar-refractivity contribution in [1.29, 1.82) is 0 Å². The van der Waals surface area contributed by atoms with Gasteiger partial charge in [-0.15, -0.1) is 0 Å². The minimum atomic E-state index is -0.968. The second-order valence-corrected chi connectivity index (χ2v) is 5.87. The van der Waals surface area contributed by atoms with Gasteiger partial charge in [0.05, 0.1) is 5.02 Å². The molecule has 100 valence electrons. The summed E-state index contributed by atoms with van der Waals surface area (Å²) < 4.78 is 24.5. The molecule has 0 radical (unpaired) electrons. The van der Waals surface area contributed by atoms with E-state index >= 15 is 0 Å². The highest BCUT2D eigenvalue weighted by molar-refractivity contribution is 7.84. The standard InChI is InChI=1S/C14H13ClFNOS/c1-19(18)12-5-2-10(3-6-12)9-17-11-4-7-13(15)14(16)8-11/h2-8,17H,9H2,1H3. The van der Waals surface area contributed by atoms with E-state index < -0.39 is 16.6 Å². The lowest BCUT2D eigenvalue weighted by Gasteiger charge is -2.07. The van der Waals surface area contributed by atoms with Crippen LogP contribution in [0.2, 0.25) is 5.02 Å². The molecule has 0 aliphatic carbocycles. The largest absolute Gasteiger partial charge is 0.381 e. The van der Waals surface area contributed by atoms with Crippen molar-refractivity contribution in [2.24, 2.45) is 0 Å². The normalized spacial score (nSPS) is 12.2. The molecule has 2 nitrogen and oxygen atoms in total. The van der Waals surface area contributed by atoms with Crippen LogP contribution in [0.3, 0.4) is 0 Å². The third kappa shape index (κ3) is 3.78. The summed E-state index contributed by atoms with van der Waals surface area (Å²) in [6, 6.07) is 12.1. The van der Waals surface area contributed by atoms with Crippen LogP contribution in [0.5, 0.6) is 0 Å². The SMILES string of the molecule is CS(=O)c1ccc(CNc2ccc(Cl)c(F)c2)cc1. The van der Waals surface area contributed by atoms with Gasteiger partial charge in [-0.2, -0.15) is 0 Å². The highest BCUT2D eigenvalue weighted by atomic mass is 35.5. The first-order valence-corrected chi connectivity index (χ1v) is 7.61. The van der Waals surface area contributed by atoms with Crippen molar-refractivity contribution in [2.75, 3.05) is 11.6 Å². The third-order valence-corrected chi connectivity index (χ3v) is 3.91. The molecule has 0 fully saturated rings. The first kappa shape index (κ1) is 14.0. The van der Waals surface area contributed by atoms with E-state index in [-0.39, 0.29) is 5.02 Å². The summed E-state index contributed by atoms with van der Waals surface area (Å²) in [7, 11) is -0.968. The molecule has 0 aromatic heterocycles. The first-order valence-electron chi connectivity index (χ1n) is 5.67. The Morgan fingerprint density at radius 3 is 2.47 bits per heavy atom. The van der Waals surface area contributed by atoms with Gasteiger partial charge < -0.3 is 5.32 Å². The molecule has 0 aliphatic heterocycles. The van der Waals surface area contributed by atoms with E-state index in [4.69, 9.17) is 11.6 Å². The van der Waals surface area contributed by atoms with Gasteiger partial charge in [0.15, 0.2) is 0 Å². The molecule has 0 amide bonds. The molecule has 2 rings (SSSR count). The summed E-state index contributed by atoms with van der Waals surface area (Å²) in [5, 5.41) is 3.21. The van der Waals surface area contributed by atoms with Crippen LogP contribution >= 0.6 is 11.6 Å². The fourth-order valence-corrected chi connectivity index (χ4v) is 2.25. The van der Waals surface area contributed by atoms with Crippen molar-refractivity contribution < 1.29 is 8.60 Å². The molecule has 2 aromatic rings. The number of benzene rings is 2. The van der Waals surface area contributed by atoms with Gasteiger partial charge in [-0.05, 0) is 35.9 Å². The third-order valence-electron chi connectivity index (χ3n) is 2.67. The van der Waals surface area contributed by atoms with Crippen LogP contribution in [-0.2, 0) is 17.3 Å². The number of hydrogen-bond acceptors (Lipinski definition) is 2. The first-order chi connectivity index (χ1) is 9.06. The number of halogens is 2. The van der Waals surface area contributed by atoms with Gasteiger partial charge in [0.1, 0.15) is 5.82 Å². The van der Waals surface area contributed by atoms with E-state index in [2.05, 4.69) is 5.32 Å². The zero-order chi connectivity index (χ0) is 13.8. The van der Waals surface area contributed by atoms with Crippen molar-refractivity contribution in [3.8, 4) is 0 Å². The van der Waals surface area contributed by atoms with Gasteiger partial charge in [0.25, 0.3) is 0 Å². The molecule has 1 atom stereocenters. The van der Waals surface area contributed by atoms with Crippen LogP contribution in [0.25, 0.3) is 0 Å². The molecule has 2 aromatic carbocycles. The number of nitrogens with one attached hydrogen (secondary N) is 1. The molecular formula is C14H13ClFNOS. The smallest absolute Gasteiger partial charge is 0.143 e. The Morgan fingerprint density at radius 2 is 1.89 bits per heavy atom. The predicted molar refractivity (Wildman–Crippen MR) is 77.5 cm³/mol. The zero-order valence-corrected chi connectivity index (χ0v) is 11.9. The van der Waals surface area contributed by atoms with Crippen molar-refractivity contribution in [3.63, 3.8) is 0 Å². The van der Waals surface area contributed by atoms with Crippen molar-refractivity contribution in [1.82, 2.24) is 0 Å². The minimum absolute atomic E-state index is 0.111. The fourth-order valence-electron chi connectivity index (χ4n) is 1.61. The topological polar surface area (TPSA) is 29.1 Å². The summed E-state index contributed by atoms with van der Waals surface area (Å²) >= 11 is 5.61. The molecule has 0 heterocycles. The average Bonchev–Trinajstić information content (AvgIpc) is 2.40. The molecule has 19 heavy (non-hydrogen) atoms. The summed E-state index contributed by atoms with van der Waals surface area (Å²) in [5.74, 6) is -0.441. The van der Waals surface area contributed by atoms with Crippen LogP contribution in [0.1, 0.15) is 5.56 Å². The predicted octanol–water partition coefficient (Wildman–Crippen LogP) is 3.83. The van der Waals surface area contributed by atoms with Crippen LogP contribution in [0, 0.1) is 5.82 Å². The average molecular weight is 298 g/mol. The Hall–Kier alpha value is -1.39. The zero-order valence-electron chi connectivity index (χ0n) is 10.3. The Kier molecular flexibility index (Phi) is 4.56. The highest BCUT2D eigenvalue weighted by Gasteiger charge is 2.01. The van der Waals surface area contributed by atoms with Gasteiger partial charge in [0, 0.05) is 34.2 Å². The van der Waals surface area contributed by atoms with Gasteiger partial charge in [-0.25, -0.2) is 4.39 Å². The molecule has 1 N–H and O–H groups in total. The Labute approximate surface area is 119 Å². The minimum Gasteiger partial charge on any atom is -0.381 e. The van der Waals surface area contributed by atoms with Crippen molar-refractivity contribution in [3.05, 3.63) is 58.9 Å². The molecular weight excluding hydrogens is 285 g/mol. The van der Waals surface area contributed by atoms with Crippen molar-refractivity contribution >= 4 is 28.1 Å². The number of anilines is 1. The fraction of sp³-hybridized carbons (Fsp3) is 0.143. The van der Waals surface area contributed by atoms with E-state index in [1.54, 1.807) is 12.3 Å². The molecule has 5 heteroatoms. The van der Waals surface area contributed by atoms with Crippen LogP contribution in [0.4, 0.5) is 10.1 Å². The summed E-state index contributed by atoms with van der Waals surface area (Å²) in [6.45, 7) is 0.567. The van der Waals surface area contributed by atoms with E-state index in [1.807, 2.05) is 24.3 Å². The number of rotatable bonds is 4. The monoisotopic (exact) mass is 297 g/mol. The molecule has 0 aliphatic rings. The van der Waals surface area contributed by atoms with Gasteiger partial charge in [0.2, 0.25) is 0 Å². The summed E-state index contributed by atoms with van der Waals surface area (Å²) in [5.41, 5.74) is 1.70. The highest BCUT2D eigenvalue weighted by Crippen LogP contribution is 2.19. The van der Waals surface area contributed by atoms with Gasteiger partial charge >= 0.3 is 0 Å². The molecule has 0 saturated heterocycles. The quantitative estimate of drug-likeness (QED) is 0.929. The van der Waals surface area contributed by atoms with E-state index in [0.29, 0.717) is 12.2 Å². The van der Waals surface area contributed by atoms with Gasteiger partial charge in [-0.3, -0.25) is 4.21 Å². The molecule has 1 unspecified atom stereocenters. The maximum Gasteiger partial charge on any atom is 0.143 e. The lowest BCUT2D eigenvalue weighted by atomic mass is 10.2. The van der Waals surface area contributed by atoms with Crippen molar-refractivity contribution in [2.45, 2.75) is 11.4 Å². The maximum atomic E-state index is 13.2. The second-order valence-electron chi connectivity index (χ2n) is 4.08. The Balaban J connectivity index is 2.01. The van der Waals surface area contributed by atoms with Gasteiger partial charge in [-0.1, -0.05) is 23.7 Å². The maximum absolute atomic E-state index is 13.2. The number of hydrogen-bond donors (Lipinski definition) is 1. The Bertz CT molecular complexity index is 601.